The fraction of sp³-hybridized carbons (Fsp3) is 0.263. The number of hydrogen-bond acceptors (Lipinski definition) is 3. The standard InChI is InChI=1S/C19H17Cl2NO3/c1-12(25-19(24)17-14(20)8-4-9-15(17)21)18(23)22-11-5-7-13-6-2-3-10-16(13)22/h2-4,6,8-10,12H,5,7,11H2,1H3. The number of para-hydroxylation sites is 1. The van der Waals surface area contributed by atoms with Crippen molar-refractivity contribution in [3.05, 3.63) is 63.6 Å². The van der Waals surface area contributed by atoms with Crippen LogP contribution in [-0.4, -0.2) is 24.5 Å². The summed E-state index contributed by atoms with van der Waals surface area (Å²) in [5, 5.41) is 0.390. The van der Waals surface area contributed by atoms with Gasteiger partial charge in [0.1, 0.15) is 0 Å². The summed E-state index contributed by atoms with van der Waals surface area (Å²) in [5.74, 6) is -0.967. The Kier molecular flexibility index (Phi) is 5.30. The lowest BCUT2D eigenvalue weighted by Gasteiger charge is -2.31. The molecular formula is C19H17Cl2NO3. The summed E-state index contributed by atoms with van der Waals surface area (Å²) < 4.78 is 5.33. The van der Waals surface area contributed by atoms with E-state index in [9.17, 15) is 9.59 Å². The molecule has 1 atom stereocenters. The Morgan fingerprint density at radius 3 is 2.48 bits per heavy atom. The summed E-state index contributed by atoms with van der Waals surface area (Å²) in [4.78, 5) is 26.8. The molecule has 3 rings (SSSR count). The third-order valence-corrected chi connectivity index (χ3v) is 4.80. The number of halogens is 2. The highest BCUT2D eigenvalue weighted by atomic mass is 35.5. The Morgan fingerprint density at radius 1 is 1.08 bits per heavy atom. The summed E-state index contributed by atoms with van der Waals surface area (Å²) in [5.41, 5.74) is 2.07. The van der Waals surface area contributed by atoms with E-state index in [2.05, 4.69) is 0 Å². The Labute approximate surface area is 156 Å². The van der Waals surface area contributed by atoms with Crippen LogP contribution >= 0.6 is 23.2 Å². The number of anilines is 1. The van der Waals surface area contributed by atoms with Crippen molar-refractivity contribution >= 4 is 40.8 Å². The van der Waals surface area contributed by atoms with Gasteiger partial charge in [0, 0.05) is 12.2 Å². The van der Waals surface area contributed by atoms with Crippen molar-refractivity contribution in [1.29, 1.82) is 0 Å². The molecule has 0 bridgehead atoms. The van der Waals surface area contributed by atoms with Gasteiger partial charge in [0.05, 0.1) is 15.6 Å². The van der Waals surface area contributed by atoms with E-state index in [-0.39, 0.29) is 21.5 Å². The summed E-state index contributed by atoms with van der Waals surface area (Å²) in [6.45, 7) is 2.16. The first-order chi connectivity index (χ1) is 12.0. The molecule has 4 nitrogen and oxygen atoms in total. The normalized spacial score (nSPS) is 14.6. The number of esters is 1. The smallest absolute Gasteiger partial charge is 0.341 e. The number of rotatable bonds is 3. The van der Waals surface area contributed by atoms with Gasteiger partial charge in [-0.3, -0.25) is 4.79 Å². The van der Waals surface area contributed by atoms with Crippen LogP contribution in [0.3, 0.4) is 0 Å². The Balaban J connectivity index is 1.77. The van der Waals surface area contributed by atoms with Crippen LogP contribution in [0.5, 0.6) is 0 Å². The zero-order chi connectivity index (χ0) is 18.0. The van der Waals surface area contributed by atoms with Crippen LogP contribution in [0.1, 0.15) is 29.3 Å². The van der Waals surface area contributed by atoms with E-state index in [0.717, 1.165) is 24.1 Å². The Hall–Kier alpha value is -2.04. The van der Waals surface area contributed by atoms with Crippen LogP contribution < -0.4 is 4.90 Å². The van der Waals surface area contributed by atoms with Crippen molar-refractivity contribution in [2.45, 2.75) is 25.9 Å². The van der Waals surface area contributed by atoms with E-state index < -0.39 is 12.1 Å². The van der Waals surface area contributed by atoms with Crippen LogP contribution in [0.15, 0.2) is 42.5 Å². The number of nitrogens with zero attached hydrogens (tertiary/aromatic N) is 1. The molecule has 130 valence electrons. The monoisotopic (exact) mass is 377 g/mol. The quantitative estimate of drug-likeness (QED) is 0.738. The van der Waals surface area contributed by atoms with Crippen LogP contribution in [0.25, 0.3) is 0 Å². The molecular weight excluding hydrogens is 361 g/mol. The zero-order valence-electron chi connectivity index (χ0n) is 13.7. The maximum Gasteiger partial charge on any atom is 0.341 e. The number of amides is 1. The molecule has 25 heavy (non-hydrogen) atoms. The maximum absolute atomic E-state index is 12.8. The Morgan fingerprint density at radius 2 is 1.76 bits per heavy atom. The van der Waals surface area contributed by atoms with Gasteiger partial charge in [-0.25, -0.2) is 4.79 Å². The number of benzene rings is 2. The van der Waals surface area contributed by atoms with Gasteiger partial charge in [0.15, 0.2) is 6.10 Å². The van der Waals surface area contributed by atoms with E-state index in [4.69, 9.17) is 27.9 Å². The lowest BCUT2D eigenvalue weighted by molar-refractivity contribution is -0.126. The lowest BCUT2D eigenvalue weighted by Crippen LogP contribution is -2.42. The number of aryl methyl sites for hydroxylation is 1. The lowest BCUT2D eigenvalue weighted by atomic mass is 10.0. The first-order valence-corrected chi connectivity index (χ1v) is 8.79. The van der Waals surface area contributed by atoms with Gasteiger partial charge in [-0.2, -0.15) is 0 Å². The minimum Gasteiger partial charge on any atom is -0.449 e. The van der Waals surface area contributed by atoms with Crippen LogP contribution in [0, 0.1) is 0 Å². The number of hydrogen-bond donors (Lipinski definition) is 0. The molecule has 2 aromatic rings. The highest BCUT2D eigenvalue weighted by molar-refractivity contribution is 6.39. The molecule has 1 aliphatic heterocycles. The molecule has 2 aromatic carbocycles. The SMILES string of the molecule is CC(OC(=O)c1c(Cl)cccc1Cl)C(=O)N1CCCc2ccccc21. The summed E-state index contributed by atoms with van der Waals surface area (Å²) in [7, 11) is 0. The third-order valence-electron chi connectivity index (χ3n) is 4.17. The molecule has 0 N–H and O–H groups in total. The van der Waals surface area contributed by atoms with Crippen molar-refractivity contribution in [2.75, 3.05) is 11.4 Å². The third kappa shape index (κ3) is 3.65. The van der Waals surface area contributed by atoms with Gasteiger partial charge >= 0.3 is 5.97 Å². The van der Waals surface area contributed by atoms with Gasteiger partial charge < -0.3 is 9.64 Å². The van der Waals surface area contributed by atoms with Crippen LogP contribution in [0.4, 0.5) is 5.69 Å². The molecule has 1 amide bonds. The van der Waals surface area contributed by atoms with Gasteiger partial charge in [0.2, 0.25) is 0 Å². The zero-order valence-corrected chi connectivity index (χ0v) is 15.2. The first kappa shape index (κ1) is 17.8. The molecule has 1 heterocycles. The molecule has 0 fully saturated rings. The molecule has 1 aliphatic rings. The second kappa shape index (κ2) is 7.46. The van der Waals surface area contributed by atoms with Gasteiger partial charge in [-0.05, 0) is 43.5 Å². The van der Waals surface area contributed by atoms with Crippen molar-refractivity contribution in [3.8, 4) is 0 Å². The Bertz CT molecular complexity index is 802. The van der Waals surface area contributed by atoms with Crippen molar-refractivity contribution in [1.82, 2.24) is 0 Å². The predicted octanol–water partition coefficient (Wildman–Crippen LogP) is 4.52. The van der Waals surface area contributed by atoms with Gasteiger partial charge in [-0.1, -0.05) is 47.5 Å². The number of carbonyl (C=O) groups excluding carboxylic acids is 2. The fourth-order valence-electron chi connectivity index (χ4n) is 2.94. The molecule has 0 aromatic heterocycles. The number of carbonyl (C=O) groups is 2. The van der Waals surface area contributed by atoms with E-state index >= 15 is 0 Å². The number of ether oxygens (including phenoxy) is 1. The van der Waals surface area contributed by atoms with E-state index in [1.807, 2.05) is 24.3 Å². The predicted molar refractivity (Wildman–Crippen MR) is 98.5 cm³/mol. The highest BCUT2D eigenvalue weighted by Gasteiger charge is 2.29. The molecule has 0 aliphatic carbocycles. The molecule has 0 saturated heterocycles. The minimum absolute atomic E-state index is 0.0736. The van der Waals surface area contributed by atoms with E-state index in [0.29, 0.717) is 6.54 Å². The fourth-order valence-corrected chi connectivity index (χ4v) is 3.50. The summed E-state index contributed by atoms with van der Waals surface area (Å²) in [6, 6.07) is 12.5. The van der Waals surface area contributed by atoms with Gasteiger partial charge in [-0.15, -0.1) is 0 Å². The largest absolute Gasteiger partial charge is 0.449 e. The maximum atomic E-state index is 12.8. The van der Waals surface area contributed by atoms with Gasteiger partial charge in [0.25, 0.3) is 5.91 Å². The van der Waals surface area contributed by atoms with E-state index in [1.54, 1.807) is 30.0 Å². The second-order valence-electron chi connectivity index (χ2n) is 5.87. The second-order valence-corrected chi connectivity index (χ2v) is 6.68. The average Bonchev–Trinajstić information content (AvgIpc) is 2.60. The first-order valence-electron chi connectivity index (χ1n) is 8.03. The molecule has 6 heteroatoms. The van der Waals surface area contributed by atoms with Crippen molar-refractivity contribution in [2.24, 2.45) is 0 Å². The van der Waals surface area contributed by atoms with Crippen LogP contribution in [-0.2, 0) is 16.0 Å². The van der Waals surface area contributed by atoms with Crippen molar-refractivity contribution < 1.29 is 14.3 Å². The average molecular weight is 378 g/mol. The molecule has 1 unspecified atom stereocenters. The molecule has 0 radical (unpaired) electrons. The summed E-state index contributed by atoms with van der Waals surface area (Å²) >= 11 is 12.0. The van der Waals surface area contributed by atoms with Crippen LogP contribution in [0.2, 0.25) is 10.0 Å². The number of fused-ring (bicyclic) bond motifs is 1. The van der Waals surface area contributed by atoms with E-state index in [1.165, 1.54) is 0 Å². The molecule has 0 spiro atoms. The molecule has 0 saturated carbocycles. The topological polar surface area (TPSA) is 46.6 Å². The summed E-state index contributed by atoms with van der Waals surface area (Å²) in [6.07, 6.45) is 0.870. The van der Waals surface area contributed by atoms with Crippen molar-refractivity contribution in [3.63, 3.8) is 0 Å². The highest BCUT2D eigenvalue weighted by Crippen LogP contribution is 2.29. The minimum atomic E-state index is -0.939.